The van der Waals surface area contributed by atoms with Gasteiger partial charge in [0.05, 0.1) is 5.56 Å². The van der Waals surface area contributed by atoms with Gasteiger partial charge in [0.15, 0.2) is 6.61 Å². The Balaban J connectivity index is 2.08. The van der Waals surface area contributed by atoms with E-state index < -0.39 is 5.91 Å². The number of rotatable bonds is 7. The molecule has 0 aliphatic carbocycles. The van der Waals surface area contributed by atoms with Crippen LogP contribution in [0, 0.1) is 13.8 Å². The minimum atomic E-state index is -0.541. The molecule has 0 fully saturated rings. The maximum Gasteiger partial charge on any atom is 0.262 e. The Morgan fingerprint density at radius 3 is 2.60 bits per heavy atom. The molecule has 6 heteroatoms. The Bertz CT molecular complexity index is 783. The second kappa shape index (κ2) is 8.16. The van der Waals surface area contributed by atoms with Crippen LogP contribution in [0.2, 0.25) is 0 Å². The molecule has 1 aromatic heterocycles. The molecule has 0 unspecified atom stereocenters. The van der Waals surface area contributed by atoms with Gasteiger partial charge < -0.3 is 15.8 Å². The van der Waals surface area contributed by atoms with Gasteiger partial charge in [-0.3, -0.25) is 9.59 Å². The number of nitrogens with one attached hydrogen (secondary N) is 1. The molecule has 0 aliphatic heterocycles. The molecule has 0 saturated carbocycles. The van der Waals surface area contributed by atoms with Crippen LogP contribution in [0.3, 0.4) is 0 Å². The number of anilines is 1. The molecule has 1 aromatic carbocycles. The molecule has 1 heterocycles. The lowest BCUT2D eigenvalue weighted by atomic mass is 9.98. The summed E-state index contributed by atoms with van der Waals surface area (Å²) in [7, 11) is 0. The lowest BCUT2D eigenvalue weighted by Gasteiger charge is -2.15. The first-order valence-electron chi connectivity index (χ1n) is 8.26. The number of para-hydroxylation sites is 1. The van der Waals surface area contributed by atoms with Crippen molar-refractivity contribution in [3.8, 4) is 5.75 Å². The zero-order valence-corrected chi connectivity index (χ0v) is 15.8. The number of thiophene rings is 1. The molecule has 2 amide bonds. The zero-order valence-electron chi connectivity index (χ0n) is 15.0. The molecule has 134 valence electrons. The third-order valence-corrected chi connectivity index (χ3v) is 5.43. The number of amides is 2. The van der Waals surface area contributed by atoms with Crippen LogP contribution in [-0.2, 0) is 4.79 Å². The van der Waals surface area contributed by atoms with Gasteiger partial charge in [0.2, 0.25) is 0 Å². The van der Waals surface area contributed by atoms with Crippen LogP contribution in [0.15, 0.2) is 24.3 Å². The van der Waals surface area contributed by atoms with Crippen molar-refractivity contribution < 1.29 is 14.3 Å². The third-order valence-electron chi connectivity index (χ3n) is 4.31. The van der Waals surface area contributed by atoms with Crippen molar-refractivity contribution in [2.24, 2.45) is 5.73 Å². The summed E-state index contributed by atoms with van der Waals surface area (Å²) >= 11 is 1.34. The molecule has 1 atom stereocenters. The second-order valence-electron chi connectivity index (χ2n) is 6.04. The van der Waals surface area contributed by atoms with Gasteiger partial charge in [0.25, 0.3) is 11.8 Å². The van der Waals surface area contributed by atoms with Crippen molar-refractivity contribution in [3.63, 3.8) is 0 Å². The smallest absolute Gasteiger partial charge is 0.262 e. The largest absolute Gasteiger partial charge is 0.483 e. The second-order valence-corrected chi connectivity index (χ2v) is 7.26. The minimum Gasteiger partial charge on any atom is -0.483 e. The first kappa shape index (κ1) is 19.0. The van der Waals surface area contributed by atoms with Crippen molar-refractivity contribution in [2.75, 3.05) is 11.9 Å². The van der Waals surface area contributed by atoms with E-state index in [1.54, 1.807) is 0 Å². The molecule has 2 rings (SSSR count). The Morgan fingerprint density at radius 1 is 1.28 bits per heavy atom. The van der Waals surface area contributed by atoms with Gasteiger partial charge in [0, 0.05) is 4.88 Å². The highest BCUT2D eigenvalue weighted by molar-refractivity contribution is 7.16. The lowest BCUT2D eigenvalue weighted by Crippen LogP contribution is -2.22. The number of carbonyl (C=O) groups excluding carboxylic acids is 2. The molecule has 3 N–H and O–H groups in total. The summed E-state index contributed by atoms with van der Waals surface area (Å²) in [5.41, 5.74) is 7.68. The van der Waals surface area contributed by atoms with E-state index in [0.717, 1.165) is 22.4 Å². The van der Waals surface area contributed by atoms with Crippen molar-refractivity contribution in [2.45, 2.75) is 40.0 Å². The normalized spacial score (nSPS) is 11.8. The number of hydrogen-bond donors (Lipinski definition) is 2. The molecule has 5 nitrogen and oxygen atoms in total. The molecule has 25 heavy (non-hydrogen) atoms. The lowest BCUT2D eigenvalue weighted by molar-refractivity contribution is -0.118. The van der Waals surface area contributed by atoms with Crippen molar-refractivity contribution >= 4 is 28.2 Å². The van der Waals surface area contributed by atoms with Gasteiger partial charge in [-0.15, -0.1) is 11.3 Å². The van der Waals surface area contributed by atoms with E-state index in [1.165, 1.54) is 11.3 Å². The number of hydrogen-bond acceptors (Lipinski definition) is 4. The van der Waals surface area contributed by atoms with Gasteiger partial charge in [0.1, 0.15) is 10.8 Å². The summed E-state index contributed by atoms with van der Waals surface area (Å²) in [4.78, 5) is 24.8. The topological polar surface area (TPSA) is 81.4 Å². The number of benzene rings is 1. The first-order valence-corrected chi connectivity index (χ1v) is 9.08. The Kier molecular flexibility index (Phi) is 6.20. The van der Waals surface area contributed by atoms with Gasteiger partial charge in [-0.25, -0.2) is 0 Å². The van der Waals surface area contributed by atoms with Gasteiger partial charge >= 0.3 is 0 Å². The van der Waals surface area contributed by atoms with E-state index in [-0.39, 0.29) is 12.5 Å². The molecular formula is C19H24N2O3S. The molecule has 2 aromatic rings. The summed E-state index contributed by atoms with van der Waals surface area (Å²) in [5.74, 6) is 0.201. The SMILES string of the molecule is CC[C@H](C)c1ccccc1OCC(=O)Nc1sc(C)c(C)c1C(N)=O. The summed E-state index contributed by atoms with van der Waals surface area (Å²) in [6.07, 6.45) is 0.988. The Hall–Kier alpha value is -2.34. The molecule has 0 spiro atoms. The quantitative estimate of drug-likeness (QED) is 0.783. The van der Waals surface area contributed by atoms with E-state index >= 15 is 0 Å². The number of primary amides is 1. The van der Waals surface area contributed by atoms with Gasteiger partial charge in [-0.2, -0.15) is 0 Å². The van der Waals surface area contributed by atoms with Crippen LogP contribution in [0.25, 0.3) is 0 Å². The number of carbonyl (C=O) groups is 2. The van der Waals surface area contributed by atoms with Crippen LogP contribution >= 0.6 is 11.3 Å². The fourth-order valence-electron chi connectivity index (χ4n) is 2.56. The fourth-order valence-corrected chi connectivity index (χ4v) is 3.64. The van der Waals surface area contributed by atoms with Gasteiger partial charge in [-0.1, -0.05) is 32.0 Å². The maximum atomic E-state index is 12.3. The van der Waals surface area contributed by atoms with Gasteiger partial charge in [-0.05, 0) is 43.4 Å². The van der Waals surface area contributed by atoms with Crippen LogP contribution in [0.1, 0.15) is 52.5 Å². The number of nitrogens with two attached hydrogens (primary N) is 1. The highest BCUT2D eigenvalue weighted by Gasteiger charge is 2.19. The fraction of sp³-hybridized carbons (Fsp3) is 0.368. The van der Waals surface area contributed by atoms with E-state index in [9.17, 15) is 9.59 Å². The van der Waals surface area contributed by atoms with Crippen LogP contribution in [-0.4, -0.2) is 18.4 Å². The minimum absolute atomic E-state index is 0.123. The van der Waals surface area contributed by atoms with Crippen LogP contribution < -0.4 is 15.8 Å². The van der Waals surface area contributed by atoms with E-state index in [0.29, 0.717) is 22.2 Å². The summed E-state index contributed by atoms with van der Waals surface area (Å²) in [6, 6.07) is 7.72. The highest BCUT2D eigenvalue weighted by Crippen LogP contribution is 2.32. The average molecular weight is 360 g/mol. The van der Waals surface area contributed by atoms with Crippen molar-refractivity contribution in [1.29, 1.82) is 0 Å². The highest BCUT2D eigenvalue weighted by atomic mass is 32.1. The standard InChI is InChI=1S/C19H24N2O3S/c1-5-11(2)14-8-6-7-9-15(14)24-10-16(22)21-19-17(18(20)23)12(3)13(4)25-19/h6-9,11H,5,10H2,1-4H3,(H2,20,23)(H,21,22)/t11-/m0/s1. The summed E-state index contributed by atoms with van der Waals surface area (Å²) in [6.45, 7) is 7.82. The Morgan fingerprint density at radius 2 is 1.96 bits per heavy atom. The Labute approximate surface area is 152 Å². The third kappa shape index (κ3) is 4.39. The molecular weight excluding hydrogens is 336 g/mol. The van der Waals surface area contributed by atoms with E-state index in [4.69, 9.17) is 10.5 Å². The molecule has 0 saturated heterocycles. The molecule has 0 bridgehead atoms. The summed E-state index contributed by atoms with van der Waals surface area (Å²) in [5, 5.41) is 3.22. The van der Waals surface area contributed by atoms with Crippen LogP contribution in [0.5, 0.6) is 5.75 Å². The average Bonchev–Trinajstić information content (AvgIpc) is 2.86. The van der Waals surface area contributed by atoms with Crippen molar-refractivity contribution in [1.82, 2.24) is 0 Å². The predicted molar refractivity (Wildman–Crippen MR) is 102 cm³/mol. The summed E-state index contributed by atoms with van der Waals surface area (Å²) < 4.78 is 5.71. The van der Waals surface area contributed by atoms with E-state index in [1.807, 2.05) is 38.1 Å². The van der Waals surface area contributed by atoms with Crippen molar-refractivity contribution in [3.05, 3.63) is 45.8 Å². The molecule has 0 aliphatic rings. The monoisotopic (exact) mass is 360 g/mol. The number of aryl methyl sites for hydroxylation is 1. The van der Waals surface area contributed by atoms with Crippen LogP contribution in [0.4, 0.5) is 5.00 Å². The first-order chi connectivity index (χ1) is 11.8. The molecule has 0 radical (unpaired) electrons. The van der Waals surface area contributed by atoms with E-state index in [2.05, 4.69) is 19.2 Å². The predicted octanol–water partition coefficient (Wildman–Crippen LogP) is 3.99. The number of ether oxygens (including phenoxy) is 1. The zero-order chi connectivity index (χ0) is 18.6. The maximum absolute atomic E-state index is 12.3.